The summed E-state index contributed by atoms with van der Waals surface area (Å²) in [4.78, 5) is 4.45. The van der Waals surface area contributed by atoms with Crippen LogP contribution in [0.4, 0.5) is 0 Å². The fourth-order valence-electron chi connectivity index (χ4n) is 2.26. The maximum absolute atomic E-state index is 5.45. The van der Waals surface area contributed by atoms with Gasteiger partial charge in [-0.25, -0.2) is 0 Å². The van der Waals surface area contributed by atoms with E-state index in [1.165, 1.54) is 12.8 Å². The highest BCUT2D eigenvalue weighted by molar-refractivity contribution is 4.99. The predicted molar refractivity (Wildman–Crippen MR) is 69.8 cm³/mol. The molecule has 1 aromatic heterocycles. The number of likely N-dealkylation sites (N-methyl/N-ethyl adjacent to an activating group) is 1. The number of aromatic nitrogens is 2. The van der Waals surface area contributed by atoms with E-state index in [1.54, 1.807) is 14.2 Å². The smallest absolute Gasteiger partial charge is 0.228 e. The number of nitrogens with one attached hydrogen (secondary N) is 1. The molecule has 1 N–H and O–H groups in total. The van der Waals surface area contributed by atoms with Crippen LogP contribution in [-0.2, 0) is 15.9 Å². The Morgan fingerprint density at radius 1 is 1.42 bits per heavy atom. The van der Waals surface area contributed by atoms with Crippen LogP contribution in [0, 0.1) is 5.92 Å². The number of methoxy groups -OCH3 is 2. The average molecular weight is 269 g/mol. The van der Waals surface area contributed by atoms with E-state index in [1.807, 2.05) is 0 Å². The first-order valence-corrected chi connectivity index (χ1v) is 6.86. The summed E-state index contributed by atoms with van der Waals surface area (Å²) in [6, 6.07) is 0.199. The minimum absolute atomic E-state index is 0.0162. The molecule has 1 aromatic rings. The van der Waals surface area contributed by atoms with Crippen LogP contribution >= 0.6 is 0 Å². The van der Waals surface area contributed by atoms with Crippen molar-refractivity contribution in [1.82, 2.24) is 15.5 Å². The first-order chi connectivity index (χ1) is 9.28. The zero-order valence-electron chi connectivity index (χ0n) is 11.9. The monoisotopic (exact) mass is 269 g/mol. The Hall–Kier alpha value is -0.980. The van der Waals surface area contributed by atoms with Gasteiger partial charge in [0.1, 0.15) is 6.10 Å². The Morgan fingerprint density at radius 2 is 2.21 bits per heavy atom. The lowest BCUT2D eigenvalue weighted by Crippen LogP contribution is -2.35. The van der Waals surface area contributed by atoms with Crippen LogP contribution in [-0.4, -0.2) is 43.6 Å². The van der Waals surface area contributed by atoms with Crippen LogP contribution < -0.4 is 5.32 Å². The Kier molecular flexibility index (Phi) is 5.30. The second kappa shape index (κ2) is 6.98. The molecule has 6 heteroatoms. The summed E-state index contributed by atoms with van der Waals surface area (Å²) in [7, 11) is 3.39. The molecule has 1 heterocycles. The van der Waals surface area contributed by atoms with E-state index in [9.17, 15) is 0 Å². The molecule has 0 bridgehead atoms. The molecule has 0 aliphatic heterocycles. The number of hydrogen-bond donors (Lipinski definition) is 1. The third-order valence-corrected chi connectivity index (χ3v) is 3.32. The number of nitrogens with zero attached hydrogens (tertiary/aromatic N) is 2. The van der Waals surface area contributed by atoms with Gasteiger partial charge >= 0.3 is 0 Å². The van der Waals surface area contributed by atoms with Gasteiger partial charge in [0.2, 0.25) is 11.7 Å². The topological polar surface area (TPSA) is 69.4 Å². The van der Waals surface area contributed by atoms with Gasteiger partial charge in [0, 0.05) is 26.7 Å². The maximum atomic E-state index is 5.45. The summed E-state index contributed by atoms with van der Waals surface area (Å²) in [5.41, 5.74) is 0. The number of ether oxygens (including phenoxy) is 2. The summed E-state index contributed by atoms with van der Waals surface area (Å²) in [6.45, 7) is 3.58. The normalized spacial score (nSPS) is 18.5. The lowest BCUT2D eigenvalue weighted by Gasteiger charge is -2.14. The first-order valence-electron chi connectivity index (χ1n) is 6.86. The molecular formula is C13H23N3O3. The van der Waals surface area contributed by atoms with Crippen LogP contribution in [0.15, 0.2) is 4.52 Å². The van der Waals surface area contributed by atoms with Crippen LogP contribution in [0.25, 0.3) is 0 Å². The zero-order chi connectivity index (χ0) is 13.7. The zero-order valence-corrected chi connectivity index (χ0v) is 11.9. The minimum Gasteiger partial charge on any atom is -0.383 e. The maximum Gasteiger partial charge on any atom is 0.228 e. The molecular weight excluding hydrogens is 246 g/mol. The van der Waals surface area contributed by atoms with Crippen molar-refractivity contribution in [1.29, 1.82) is 0 Å². The molecule has 0 aromatic carbocycles. The highest BCUT2D eigenvalue weighted by Crippen LogP contribution is 2.41. The highest BCUT2D eigenvalue weighted by atomic mass is 16.5. The second-order valence-electron chi connectivity index (χ2n) is 4.95. The molecule has 0 amide bonds. The summed E-state index contributed by atoms with van der Waals surface area (Å²) < 4.78 is 15.9. The molecule has 108 valence electrons. The van der Waals surface area contributed by atoms with Gasteiger partial charge < -0.3 is 19.3 Å². The largest absolute Gasteiger partial charge is 0.383 e. The highest BCUT2D eigenvalue weighted by Gasteiger charge is 2.35. The van der Waals surface area contributed by atoms with Gasteiger partial charge in [0.05, 0.1) is 6.61 Å². The molecule has 0 saturated heterocycles. The molecule has 1 saturated carbocycles. The molecule has 1 aliphatic rings. The van der Waals surface area contributed by atoms with Crippen LogP contribution in [0.2, 0.25) is 0 Å². The second-order valence-corrected chi connectivity index (χ2v) is 4.95. The van der Waals surface area contributed by atoms with Gasteiger partial charge in [0.15, 0.2) is 0 Å². The van der Waals surface area contributed by atoms with E-state index in [2.05, 4.69) is 22.4 Å². The van der Waals surface area contributed by atoms with Crippen molar-refractivity contribution in [3.05, 3.63) is 11.7 Å². The molecule has 6 nitrogen and oxygen atoms in total. The lowest BCUT2D eigenvalue weighted by atomic mass is 10.2. The SMILES string of the molecule is CCNC(COC)Cc1nc(C(OC)C2CC2)no1. The fraction of sp³-hybridized carbons (Fsp3) is 0.846. The van der Waals surface area contributed by atoms with E-state index in [0.717, 1.165) is 6.54 Å². The number of hydrogen-bond acceptors (Lipinski definition) is 6. The molecule has 1 fully saturated rings. The van der Waals surface area contributed by atoms with Gasteiger partial charge in [-0.05, 0) is 25.3 Å². The first kappa shape index (κ1) is 14.4. The molecule has 2 rings (SSSR count). The standard InChI is InChI=1S/C13H23N3O3/c1-4-14-10(8-17-2)7-11-15-13(16-19-11)12(18-3)9-5-6-9/h9-10,12,14H,4-8H2,1-3H3. The molecule has 2 atom stereocenters. The van der Waals surface area contributed by atoms with Gasteiger partial charge in [-0.2, -0.15) is 4.98 Å². The van der Waals surface area contributed by atoms with Crippen molar-refractivity contribution in [2.24, 2.45) is 5.92 Å². The van der Waals surface area contributed by atoms with Crippen LogP contribution in [0.1, 0.15) is 37.6 Å². The number of rotatable bonds is 9. The summed E-state index contributed by atoms with van der Waals surface area (Å²) in [6.07, 6.45) is 3.03. The van der Waals surface area contributed by atoms with Crippen molar-refractivity contribution in [3.63, 3.8) is 0 Å². The summed E-state index contributed by atoms with van der Waals surface area (Å²) in [5, 5.41) is 7.38. The van der Waals surface area contributed by atoms with Crippen molar-refractivity contribution in [2.45, 2.75) is 38.3 Å². The minimum atomic E-state index is -0.0162. The Bertz CT molecular complexity index is 373. The van der Waals surface area contributed by atoms with Crippen LogP contribution in [0.5, 0.6) is 0 Å². The molecule has 0 radical (unpaired) electrons. The third-order valence-electron chi connectivity index (χ3n) is 3.32. The van der Waals surface area contributed by atoms with E-state index >= 15 is 0 Å². The molecule has 2 unspecified atom stereocenters. The van der Waals surface area contributed by atoms with Gasteiger partial charge in [-0.3, -0.25) is 0 Å². The van der Waals surface area contributed by atoms with E-state index in [0.29, 0.717) is 30.7 Å². The van der Waals surface area contributed by atoms with Gasteiger partial charge in [0.25, 0.3) is 0 Å². The molecule has 0 spiro atoms. The van der Waals surface area contributed by atoms with Crippen molar-refractivity contribution in [3.8, 4) is 0 Å². The lowest BCUT2D eigenvalue weighted by molar-refractivity contribution is 0.0751. The van der Waals surface area contributed by atoms with E-state index in [4.69, 9.17) is 14.0 Å². The van der Waals surface area contributed by atoms with Crippen LogP contribution in [0.3, 0.4) is 0 Å². The average Bonchev–Trinajstić information content (AvgIpc) is 3.12. The molecule has 1 aliphatic carbocycles. The van der Waals surface area contributed by atoms with E-state index in [-0.39, 0.29) is 12.1 Å². The summed E-state index contributed by atoms with van der Waals surface area (Å²) >= 11 is 0. The Balaban J connectivity index is 1.95. The van der Waals surface area contributed by atoms with Gasteiger partial charge in [-0.15, -0.1) is 0 Å². The van der Waals surface area contributed by atoms with Crippen molar-refractivity contribution >= 4 is 0 Å². The quantitative estimate of drug-likeness (QED) is 0.729. The van der Waals surface area contributed by atoms with Crippen molar-refractivity contribution < 1.29 is 14.0 Å². The summed E-state index contributed by atoms with van der Waals surface area (Å²) in [5.74, 6) is 1.87. The predicted octanol–water partition coefficient (Wildman–Crippen LogP) is 1.33. The fourth-order valence-corrected chi connectivity index (χ4v) is 2.26. The van der Waals surface area contributed by atoms with Crippen molar-refractivity contribution in [2.75, 3.05) is 27.4 Å². The Morgan fingerprint density at radius 3 is 2.79 bits per heavy atom. The van der Waals surface area contributed by atoms with E-state index < -0.39 is 0 Å². The van der Waals surface area contributed by atoms with Gasteiger partial charge in [-0.1, -0.05) is 12.1 Å². The Labute approximate surface area is 113 Å². The molecule has 19 heavy (non-hydrogen) atoms. The third kappa shape index (κ3) is 3.99.